The van der Waals surface area contributed by atoms with Gasteiger partial charge in [-0.2, -0.15) is 0 Å². The van der Waals surface area contributed by atoms with Crippen molar-refractivity contribution in [3.05, 3.63) is 0 Å². The predicted molar refractivity (Wildman–Crippen MR) is 37.2 cm³/mol. The van der Waals surface area contributed by atoms with Crippen molar-refractivity contribution in [2.24, 2.45) is 11.8 Å². The number of carbonyl (C=O) groups excluding carboxylic acids is 1. The molecule has 9 heavy (non-hydrogen) atoms. The zero-order valence-corrected chi connectivity index (χ0v) is 6.47. The number of rotatable bonds is 2. The van der Waals surface area contributed by atoms with Gasteiger partial charge in [-0.15, -0.1) is 0 Å². The molecule has 0 aliphatic heterocycles. The Morgan fingerprint density at radius 3 is 1.22 bits per heavy atom. The van der Waals surface area contributed by atoms with Crippen LogP contribution >= 0.6 is 0 Å². The first kappa shape index (κ1) is 11.4. The topological polar surface area (TPSA) is 17.1 Å². The van der Waals surface area contributed by atoms with E-state index in [4.69, 9.17) is 0 Å². The summed E-state index contributed by atoms with van der Waals surface area (Å²) in [7, 11) is 0. The summed E-state index contributed by atoms with van der Waals surface area (Å²) < 4.78 is 0. The van der Waals surface area contributed by atoms with Gasteiger partial charge in [0.25, 0.3) is 0 Å². The molecule has 0 fully saturated rings. The summed E-state index contributed by atoms with van der Waals surface area (Å²) in [6.45, 7) is 7.73. The van der Waals surface area contributed by atoms with E-state index in [0.29, 0.717) is 5.78 Å². The Morgan fingerprint density at radius 2 is 1.22 bits per heavy atom. The molecule has 0 rings (SSSR count). The molecule has 0 unspecified atom stereocenters. The maximum Gasteiger partial charge on any atom is 0.137 e. The molecule has 0 aliphatic carbocycles. The molecule has 0 spiro atoms. The lowest BCUT2D eigenvalue weighted by Gasteiger charge is -2.05. The molecule has 0 atom stereocenters. The number of carbonyl (C=O) groups is 1. The third-order valence-corrected chi connectivity index (χ3v) is 1.14. The molecule has 0 N–H and O–H groups in total. The zero-order chi connectivity index (χ0) is 6.73. The van der Waals surface area contributed by atoms with E-state index < -0.39 is 0 Å². The van der Waals surface area contributed by atoms with Crippen molar-refractivity contribution in [3.8, 4) is 0 Å². The monoisotopic (exact) mass is 134 g/mol. The first-order valence-corrected chi connectivity index (χ1v) is 3.09. The molecule has 0 aliphatic rings. The van der Waals surface area contributed by atoms with Crippen LogP contribution in [0.15, 0.2) is 0 Å². The summed E-state index contributed by atoms with van der Waals surface area (Å²) >= 11 is 0. The second-order valence-corrected chi connectivity index (χ2v) is 2.71. The van der Waals surface area contributed by atoms with E-state index in [1.807, 2.05) is 27.7 Å². The van der Waals surface area contributed by atoms with Crippen molar-refractivity contribution < 1.29 is 9.50 Å². The van der Waals surface area contributed by atoms with Crippen molar-refractivity contribution in [1.29, 1.82) is 0 Å². The van der Waals surface area contributed by atoms with E-state index >= 15 is 0 Å². The lowest BCUT2D eigenvalue weighted by molar-refractivity contribution is -0.124. The molecule has 1 nitrogen and oxygen atoms in total. The largest absolute Gasteiger partial charge is 0.299 e. The maximum absolute atomic E-state index is 10.8. The Labute approximate surface area is 55.8 Å². The van der Waals surface area contributed by atoms with Gasteiger partial charge in [0.05, 0.1) is 0 Å². The quantitative estimate of drug-likeness (QED) is 0.564. The SMILES string of the molecule is CC(C)C(=O)C(C)C.F. The minimum absolute atomic E-state index is 0. The molecule has 0 aromatic carbocycles. The van der Waals surface area contributed by atoms with Crippen LogP contribution in [-0.2, 0) is 4.79 Å². The average molecular weight is 134 g/mol. The van der Waals surface area contributed by atoms with Crippen LogP contribution in [0.2, 0.25) is 0 Å². The highest BCUT2D eigenvalue weighted by Crippen LogP contribution is 2.03. The number of halogens is 1. The molecule has 0 saturated heterocycles. The van der Waals surface area contributed by atoms with Crippen LogP contribution in [0.4, 0.5) is 4.70 Å². The highest BCUT2D eigenvalue weighted by Gasteiger charge is 2.09. The number of hydrogen-bond donors (Lipinski definition) is 0. The molecule has 0 radical (unpaired) electrons. The normalized spacial score (nSPS) is 9.56. The van der Waals surface area contributed by atoms with Gasteiger partial charge in [0.15, 0.2) is 0 Å². The highest BCUT2D eigenvalue weighted by atomic mass is 19.0. The summed E-state index contributed by atoms with van der Waals surface area (Å²) in [6, 6.07) is 0. The minimum atomic E-state index is 0. The Balaban J connectivity index is 0. The molecule has 0 saturated carbocycles. The molecule has 0 amide bonds. The Morgan fingerprint density at radius 1 is 1.00 bits per heavy atom. The van der Waals surface area contributed by atoms with Crippen molar-refractivity contribution in [1.82, 2.24) is 0 Å². The first-order chi connectivity index (χ1) is 3.55. The van der Waals surface area contributed by atoms with Gasteiger partial charge >= 0.3 is 0 Å². The highest BCUT2D eigenvalue weighted by molar-refractivity contribution is 5.81. The molecule has 56 valence electrons. The van der Waals surface area contributed by atoms with E-state index in [2.05, 4.69) is 0 Å². The van der Waals surface area contributed by atoms with Gasteiger partial charge in [-0.3, -0.25) is 9.50 Å². The third kappa shape index (κ3) is 4.13. The Kier molecular flexibility index (Phi) is 5.67. The molecule has 2 heteroatoms. The van der Waals surface area contributed by atoms with E-state index in [9.17, 15) is 4.79 Å². The van der Waals surface area contributed by atoms with E-state index in [1.165, 1.54) is 0 Å². The standard InChI is InChI=1S/C7H14O.FH/c1-5(2)7(8)6(3)4;/h5-6H,1-4H3;1H. The smallest absolute Gasteiger partial charge is 0.137 e. The van der Waals surface area contributed by atoms with Crippen LogP contribution in [0.5, 0.6) is 0 Å². The molecular weight excluding hydrogens is 119 g/mol. The Bertz CT molecular complexity index is 76.9. The van der Waals surface area contributed by atoms with Crippen LogP contribution in [-0.4, -0.2) is 5.78 Å². The molecular formula is C7H15FO. The second kappa shape index (κ2) is 4.48. The maximum atomic E-state index is 10.8. The van der Waals surface area contributed by atoms with Crippen molar-refractivity contribution in [2.75, 3.05) is 0 Å². The van der Waals surface area contributed by atoms with Crippen LogP contribution in [0.25, 0.3) is 0 Å². The van der Waals surface area contributed by atoms with E-state index in [1.54, 1.807) is 0 Å². The van der Waals surface area contributed by atoms with Gasteiger partial charge in [0.1, 0.15) is 5.78 Å². The van der Waals surface area contributed by atoms with Gasteiger partial charge < -0.3 is 0 Å². The summed E-state index contributed by atoms with van der Waals surface area (Å²) in [5.74, 6) is 0.759. The zero-order valence-electron chi connectivity index (χ0n) is 6.47. The van der Waals surface area contributed by atoms with Crippen LogP contribution in [0.1, 0.15) is 27.7 Å². The summed E-state index contributed by atoms with van der Waals surface area (Å²) in [6.07, 6.45) is 0. The lowest BCUT2D eigenvalue weighted by atomic mass is 9.99. The summed E-state index contributed by atoms with van der Waals surface area (Å²) in [5.41, 5.74) is 0. The second-order valence-electron chi connectivity index (χ2n) is 2.71. The number of hydrogen-bond acceptors (Lipinski definition) is 1. The van der Waals surface area contributed by atoms with Crippen molar-refractivity contribution in [3.63, 3.8) is 0 Å². The molecule has 0 bridgehead atoms. The molecule has 0 aromatic rings. The lowest BCUT2D eigenvalue weighted by Crippen LogP contribution is -2.13. The fourth-order valence-electron chi connectivity index (χ4n) is 0.667. The predicted octanol–water partition coefficient (Wildman–Crippen LogP) is 2.02. The number of ketones is 1. The molecule has 0 aromatic heterocycles. The van der Waals surface area contributed by atoms with Crippen LogP contribution in [0.3, 0.4) is 0 Å². The molecule has 0 heterocycles. The van der Waals surface area contributed by atoms with Crippen LogP contribution < -0.4 is 0 Å². The van der Waals surface area contributed by atoms with Gasteiger partial charge in [0, 0.05) is 11.8 Å². The Hall–Kier alpha value is -0.400. The average Bonchev–Trinajstić information content (AvgIpc) is 1.64. The van der Waals surface area contributed by atoms with Gasteiger partial charge in [-0.1, -0.05) is 27.7 Å². The van der Waals surface area contributed by atoms with Crippen molar-refractivity contribution in [2.45, 2.75) is 27.7 Å². The third-order valence-electron chi connectivity index (χ3n) is 1.14. The van der Waals surface area contributed by atoms with Gasteiger partial charge in [0.2, 0.25) is 0 Å². The van der Waals surface area contributed by atoms with Crippen LogP contribution in [0, 0.1) is 11.8 Å². The van der Waals surface area contributed by atoms with Crippen molar-refractivity contribution >= 4 is 5.78 Å². The first-order valence-electron chi connectivity index (χ1n) is 3.09. The van der Waals surface area contributed by atoms with Gasteiger partial charge in [-0.05, 0) is 0 Å². The number of Topliss-reactive ketones (excluding diaryl/α,β-unsaturated/α-hetero) is 1. The van der Waals surface area contributed by atoms with Gasteiger partial charge in [-0.25, -0.2) is 0 Å². The minimum Gasteiger partial charge on any atom is -0.299 e. The van der Waals surface area contributed by atoms with E-state index in [-0.39, 0.29) is 16.5 Å². The fourth-order valence-corrected chi connectivity index (χ4v) is 0.667. The summed E-state index contributed by atoms with van der Waals surface area (Å²) in [5, 5.41) is 0. The fraction of sp³-hybridized carbons (Fsp3) is 0.857. The summed E-state index contributed by atoms with van der Waals surface area (Å²) in [4.78, 5) is 10.8. The van der Waals surface area contributed by atoms with E-state index in [0.717, 1.165) is 0 Å².